The van der Waals surface area contributed by atoms with E-state index in [9.17, 15) is 9.90 Å². The molecule has 1 saturated heterocycles. The Kier molecular flexibility index (Phi) is 7.26. The van der Waals surface area contributed by atoms with E-state index in [-0.39, 0.29) is 11.4 Å². The van der Waals surface area contributed by atoms with Crippen molar-refractivity contribution in [2.24, 2.45) is 4.99 Å². The van der Waals surface area contributed by atoms with Gasteiger partial charge in [0.05, 0.1) is 38.7 Å². The predicted molar refractivity (Wildman–Crippen MR) is 129 cm³/mol. The number of fused-ring (bicyclic) bond motifs is 1. The van der Waals surface area contributed by atoms with E-state index in [0.29, 0.717) is 40.1 Å². The van der Waals surface area contributed by atoms with Crippen molar-refractivity contribution >= 4 is 17.0 Å². The van der Waals surface area contributed by atoms with Crippen LogP contribution in [-0.2, 0) is 4.74 Å². The molecule has 0 spiro atoms. The van der Waals surface area contributed by atoms with Crippen molar-refractivity contribution in [1.29, 1.82) is 0 Å². The molecule has 1 aliphatic heterocycles. The van der Waals surface area contributed by atoms with Gasteiger partial charge in [-0.2, -0.15) is 0 Å². The van der Waals surface area contributed by atoms with E-state index in [1.807, 2.05) is 12.1 Å². The van der Waals surface area contributed by atoms with Crippen LogP contribution in [0.15, 0.2) is 52.3 Å². The van der Waals surface area contributed by atoms with E-state index >= 15 is 0 Å². The number of aliphatic imine (C=N–C) groups is 1. The van der Waals surface area contributed by atoms with Crippen molar-refractivity contribution in [3.63, 3.8) is 0 Å². The summed E-state index contributed by atoms with van der Waals surface area (Å²) >= 11 is 0. The first-order valence-corrected chi connectivity index (χ1v) is 11.0. The molecule has 2 heterocycles. The van der Waals surface area contributed by atoms with E-state index < -0.39 is 0 Å². The molecule has 1 aliphatic rings. The minimum Gasteiger partial charge on any atom is -0.497 e. The highest BCUT2D eigenvalue weighted by molar-refractivity contribution is 6.01. The van der Waals surface area contributed by atoms with E-state index in [1.54, 1.807) is 43.7 Å². The molecular formula is C25H29N3O5. The maximum absolute atomic E-state index is 13.4. The van der Waals surface area contributed by atoms with Crippen molar-refractivity contribution in [3.05, 3.63) is 58.4 Å². The number of hydrogen-bond donors (Lipinski definition) is 1. The van der Waals surface area contributed by atoms with Gasteiger partial charge in [0.25, 0.3) is 5.56 Å². The average molecular weight is 452 g/mol. The van der Waals surface area contributed by atoms with Gasteiger partial charge in [-0.15, -0.1) is 0 Å². The summed E-state index contributed by atoms with van der Waals surface area (Å²) in [6, 6.07) is 12.3. The molecule has 0 aliphatic carbocycles. The molecule has 0 saturated carbocycles. The number of pyridine rings is 1. The standard InChI is InChI=1S/C25H29N3O5/c1-31-18-8-9-23(32-2)22(16-18)28-24(29)20-7-4-3-6-19(20)21(25(28)30)17-26-10-5-11-27-12-14-33-15-13-27/h3-4,6-9,16-17,30H,5,10-15H2,1-2H3. The highest BCUT2D eigenvalue weighted by atomic mass is 16.5. The Bertz CT molecular complexity index is 1200. The fourth-order valence-electron chi connectivity index (χ4n) is 4.05. The van der Waals surface area contributed by atoms with Crippen molar-refractivity contribution in [2.75, 3.05) is 53.6 Å². The normalized spacial score (nSPS) is 14.7. The number of ether oxygens (including phenoxy) is 3. The second-order valence-corrected chi connectivity index (χ2v) is 7.80. The van der Waals surface area contributed by atoms with Crippen LogP contribution < -0.4 is 15.0 Å². The van der Waals surface area contributed by atoms with Crippen molar-refractivity contribution < 1.29 is 19.3 Å². The van der Waals surface area contributed by atoms with Gasteiger partial charge >= 0.3 is 0 Å². The summed E-state index contributed by atoms with van der Waals surface area (Å²) < 4.78 is 17.4. The zero-order valence-corrected chi connectivity index (χ0v) is 19.0. The van der Waals surface area contributed by atoms with Crippen LogP contribution >= 0.6 is 0 Å². The molecule has 4 rings (SSSR count). The van der Waals surface area contributed by atoms with Gasteiger partial charge < -0.3 is 19.3 Å². The third-order valence-electron chi connectivity index (χ3n) is 5.82. The summed E-state index contributed by atoms with van der Waals surface area (Å²) in [4.78, 5) is 20.3. The lowest BCUT2D eigenvalue weighted by Crippen LogP contribution is -2.37. The molecule has 3 aromatic rings. The minimum atomic E-state index is -0.348. The second kappa shape index (κ2) is 10.5. The number of aromatic hydroxyl groups is 1. The zero-order valence-electron chi connectivity index (χ0n) is 19.0. The molecule has 0 radical (unpaired) electrons. The number of aromatic nitrogens is 1. The van der Waals surface area contributed by atoms with Crippen LogP contribution in [0.1, 0.15) is 12.0 Å². The summed E-state index contributed by atoms with van der Waals surface area (Å²) in [7, 11) is 3.06. The lowest BCUT2D eigenvalue weighted by atomic mass is 10.1. The molecule has 0 bridgehead atoms. The number of morpholine rings is 1. The number of methoxy groups -OCH3 is 2. The average Bonchev–Trinajstić information content (AvgIpc) is 2.86. The van der Waals surface area contributed by atoms with Gasteiger partial charge in [0, 0.05) is 49.2 Å². The Morgan fingerprint density at radius 2 is 1.85 bits per heavy atom. The maximum atomic E-state index is 13.4. The molecule has 0 unspecified atom stereocenters. The fraction of sp³-hybridized carbons (Fsp3) is 0.360. The van der Waals surface area contributed by atoms with Crippen LogP contribution in [-0.4, -0.2) is 74.4 Å². The summed E-state index contributed by atoms with van der Waals surface area (Å²) in [5.74, 6) is 0.794. The van der Waals surface area contributed by atoms with Crippen LogP contribution in [0.25, 0.3) is 16.5 Å². The molecule has 1 aromatic heterocycles. The highest BCUT2D eigenvalue weighted by Crippen LogP contribution is 2.32. The van der Waals surface area contributed by atoms with Gasteiger partial charge in [0.2, 0.25) is 5.88 Å². The summed E-state index contributed by atoms with van der Waals surface area (Å²) in [6.45, 7) is 5.02. The molecule has 1 fully saturated rings. The van der Waals surface area contributed by atoms with E-state index in [1.165, 1.54) is 11.7 Å². The van der Waals surface area contributed by atoms with Gasteiger partial charge in [-0.3, -0.25) is 14.7 Å². The Morgan fingerprint density at radius 3 is 2.58 bits per heavy atom. The monoisotopic (exact) mass is 451 g/mol. The molecule has 174 valence electrons. The van der Waals surface area contributed by atoms with Gasteiger partial charge in [-0.05, 0) is 24.6 Å². The number of nitrogens with zero attached hydrogens (tertiary/aromatic N) is 3. The largest absolute Gasteiger partial charge is 0.497 e. The molecule has 1 N–H and O–H groups in total. The minimum absolute atomic E-state index is 0.192. The highest BCUT2D eigenvalue weighted by Gasteiger charge is 2.19. The third-order valence-corrected chi connectivity index (χ3v) is 5.82. The first kappa shape index (κ1) is 22.8. The Balaban J connectivity index is 1.71. The smallest absolute Gasteiger partial charge is 0.265 e. The molecule has 8 nitrogen and oxygen atoms in total. The van der Waals surface area contributed by atoms with E-state index in [2.05, 4.69) is 9.89 Å². The van der Waals surface area contributed by atoms with Gasteiger partial charge in [-0.25, -0.2) is 4.57 Å². The molecule has 0 amide bonds. The summed E-state index contributed by atoms with van der Waals surface area (Å²) in [5.41, 5.74) is 0.535. The summed E-state index contributed by atoms with van der Waals surface area (Å²) in [6.07, 6.45) is 2.55. The number of benzene rings is 2. The maximum Gasteiger partial charge on any atom is 0.265 e. The quantitative estimate of drug-likeness (QED) is 0.419. The van der Waals surface area contributed by atoms with Gasteiger partial charge in [0.1, 0.15) is 11.5 Å². The lowest BCUT2D eigenvalue weighted by Gasteiger charge is -2.26. The SMILES string of the molecule is COc1ccc(OC)c(-n2c(O)c(C=NCCCN3CCOCC3)c3ccccc3c2=O)c1. The number of rotatable bonds is 8. The predicted octanol–water partition coefficient (Wildman–Crippen LogP) is 2.85. The van der Waals surface area contributed by atoms with Crippen LogP contribution in [0, 0.1) is 0 Å². The third kappa shape index (κ3) is 4.86. The Hall–Kier alpha value is -3.36. The Morgan fingerprint density at radius 1 is 1.09 bits per heavy atom. The first-order chi connectivity index (χ1) is 16.1. The van der Waals surface area contributed by atoms with Crippen LogP contribution in [0.3, 0.4) is 0 Å². The van der Waals surface area contributed by atoms with Crippen LogP contribution in [0.5, 0.6) is 17.4 Å². The zero-order chi connectivity index (χ0) is 23.2. The first-order valence-electron chi connectivity index (χ1n) is 11.0. The second-order valence-electron chi connectivity index (χ2n) is 7.80. The number of hydrogen-bond acceptors (Lipinski definition) is 7. The van der Waals surface area contributed by atoms with Crippen LogP contribution in [0.4, 0.5) is 0 Å². The summed E-state index contributed by atoms with van der Waals surface area (Å²) in [5, 5.41) is 12.3. The van der Waals surface area contributed by atoms with Crippen LogP contribution in [0.2, 0.25) is 0 Å². The van der Waals surface area contributed by atoms with Crippen molar-refractivity contribution in [1.82, 2.24) is 9.47 Å². The lowest BCUT2D eigenvalue weighted by molar-refractivity contribution is 0.0377. The van der Waals surface area contributed by atoms with Gasteiger partial charge in [0.15, 0.2) is 0 Å². The van der Waals surface area contributed by atoms with Gasteiger partial charge in [-0.1, -0.05) is 18.2 Å². The van der Waals surface area contributed by atoms with Crippen molar-refractivity contribution in [2.45, 2.75) is 6.42 Å². The van der Waals surface area contributed by atoms with E-state index in [4.69, 9.17) is 14.2 Å². The molecule has 33 heavy (non-hydrogen) atoms. The fourth-order valence-corrected chi connectivity index (χ4v) is 4.05. The van der Waals surface area contributed by atoms with E-state index in [0.717, 1.165) is 39.3 Å². The molecular weight excluding hydrogens is 422 g/mol. The molecule has 2 aromatic carbocycles. The Labute approximate surface area is 192 Å². The molecule has 0 atom stereocenters. The topological polar surface area (TPSA) is 85.5 Å². The van der Waals surface area contributed by atoms with Crippen molar-refractivity contribution in [3.8, 4) is 23.1 Å². The molecule has 8 heteroatoms.